The Hall–Kier alpha value is -0.610. The molecule has 4 heteroatoms. The predicted molar refractivity (Wildman–Crippen MR) is 57.0 cm³/mol. The van der Waals surface area contributed by atoms with Crippen LogP contribution in [0, 0.1) is 5.41 Å². The summed E-state index contributed by atoms with van der Waals surface area (Å²) < 4.78 is 4.62. The van der Waals surface area contributed by atoms with E-state index in [0.29, 0.717) is 13.1 Å². The van der Waals surface area contributed by atoms with E-state index in [4.69, 9.17) is 5.73 Å². The zero-order valence-corrected chi connectivity index (χ0v) is 9.67. The maximum Gasteiger partial charge on any atom is 0.319 e. The highest BCUT2D eigenvalue weighted by atomic mass is 16.5. The van der Waals surface area contributed by atoms with Crippen molar-refractivity contribution < 1.29 is 9.53 Å². The zero-order chi connectivity index (χ0) is 11.2. The Kier molecular flexibility index (Phi) is 5.72. The molecule has 84 valence electrons. The zero-order valence-electron chi connectivity index (χ0n) is 9.67. The van der Waals surface area contributed by atoms with Crippen LogP contribution in [0.25, 0.3) is 0 Å². The first kappa shape index (κ1) is 13.4. The molecule has 0 saturated heterocycles. The Labute approximate surface area is 86.4 Å². The van der Waals surface area contributed by atoms with Crippen LogP contribution in [-0.2, 0) is 9.53 Å². The molecule has 0 amide bonds. The molecule has 0 fully saturated rings. The molecule has 0 unspecified atom stereocenters. The first-order valence-electron chi connectivity index (χ1n) is 4.94. The van der Waals surface area contributed by atoms with Gasteiger partial charge in [-0.25, -0.2) is 0 Å². The van der Waals surface area contributed by atoms with Crippen molar-refractivity contribution in [2.75, 3.05) is 33.3 Å². The SMILES string of the molecule is CCN(CC(=O)OC)CC(C)(C)CN. The third-order valence-electron chi connectivity index (χ3n) is 2.23. The fourth-order valence-corrected chi connectivity index (χ4v) is 1.20. The molecule has 0 aliphatic heterocycles. The number of hydrogen-bond acceptors (Lipinski definition) is 4. The van der Waals surface area contributed by atoms with Crippen molar-refractivity contribution in [2.24, 2.45) is 11.1 Å². The average molecular weight is 202 g/mol. The number of esters is 1. The minimum atomic E-state index is -0.195. The molecule has 0 aliphatic carbocycles. The number of likely N-dealkylation sites (N-methyl/N-ethyl adjacent to an activating group) is 1. The lowest BCUT2D eigenvalue weighted by Gasteiger charge is -2.30. The minimum absolute atomic E-state index is 0.0457. The summed E-state index contributed by atoms with van der Waals surface area (Å²) in [6.07, 6.45) is 0. The predicted octanol–water partition coefficient (Wildman–Crippen LogP) is 0.466. The minimum Gasteiger partial charge on any atom is -0.468 e. The van der Waals surface area contributed by atoms with E-state index in [-0.39, 0.29) is 11.4 Å². The summed E-state index contributed by atoms with van der Waals surface area (Å²) in [4.78, 5) is 13.1. The highest BCUT2D eigenvalue weighted by molar-refractivity contribution is 5.71. The van der Waals surface area contributed by atoms with Crippen molar-refractivity contribution in [3.05, 3.63) is 0 Å². The van der Waals surface area contributed by atoms with Gasteiger partial charge in [0.15, 0.2) is 0 Å². The van der Waals surface area contributed by atoms with Gasteiger partial charge in [-0.2, -0.15) is 0 Å². The number of rotatable bonds is 6. The van der Waals surface area contributed by atoms with Gasteiger partial charge in [0.05, 0.1) is 13.7 Å². The van der Waals surface area contributed by atoms with Gasteiger partial charge in [-0.1, -0.05) is 20.8 Å². The van der Waals surface area contributed by atoms with Gasteiger partial charge in [0.2, 0.25) is 0 Å². The molecule has 0 aromatic heterocycles. The number of nitrogens with zero attached hydrogens (tertiary/aromatic N) is 1. The van der Waals surface area contributed by atoms with Gasteiger partial charge in [-0.15, -0.1) is 0 Å². The van der Waals surface area contributed by atoms with Crippen LogP contribution in [0.3, 0.4) is 0 Å². The van der Waals surface area contributed by atoms with Gasteiger partial charge in [0, 0.05) is 6.54 Å². The summed E-state index contributed by atoms with van der Waals surface area (Å²) in [5.74, 6) is -0.195. The van der Waals surface area contributed by atoms with Crippen LogP contribution in [-0.4, -0.2) is 44.2 Å². The van der Waals surface area contributed by atoms with Crippen LogP contribution in [0.2, 0.25) is 0 Å². The lowest BCUT2D eigenvalue weighted by molar-refractivity contribution is -0.142. The number of hydrogen-bond donors (Lipinski definition) is 1. The Morgan fingerprint density at radius 3 is 2.43 bits per heavy atom. The van der Waals surface area contributed by atoms with E-state index in [9.17, 15) is 4.79 Å². The second-order valence-electron chi connectivity index (χ2n) is 4.25. The molecular weight excluding hydrogens is 180 g/mol. The third kappa shape index (κ3) is 5.19. The molecule has 0 rings (SSSR count). The van der Waals surface area contributed by atoms with E-state index in [2.05, 4.69) is 18.6 Å². The summed E-state index contributed by atoms with van der Waals surface area (Å²) in [6, 6.07) is 0. The van der Waals surface area contributed by atoms with E-state index in [1.54, 1.807) is 0 Å². The standard InChI is InChI=1S/C10H22N2O2/c1-5-12(6-9(13)14-4)8-10(2,3)7-11/h5-8,11H2,1-4H3. The summed E-state index contributed by atoms with van der Waals surface area (Å²) in [7, 11) is 1.41. The maximum atomic E-state index is 11.1. The van der Waals surface area contributed by atoms with E-state index >= 15 is 0 Å². The van der Waals surface area contributed by atoms with Crippen LogP contribution >= 0.6 is 0 Å². The maximum absolute atomic E-state index is 11.1. The lowest BCUT2D eigenvalue weighted by Crippen LogP contribution is -2.41. The number of nitrogens with two attached hydrogens (primary N) is 1. The van der Waals surface area contributed by atoms with Crippen molar-refractivity contribution in [3.63, 3.8) is 0 Å². The fraction of sp³-hybridized carbons (Fsp3) is 0.900. The number of ether oxygens (including phenoxy) is 1. The largest absolute Gasteiger partial charge is 0.468 e. The monoisotopic (exact) mass is 202 g/mol. The molecule has 0 bridgehead atoms. The lowest BCUT2D eigenvalue weighted by atomic mass is 9.93. The van der Waals surface area contributed by atoms with E-state index in [0.717, 1.165) is 13.1 Å². The van der Waals surface area contributed by atoms with Crippen molar-refractivity contribution >= 4 is 5.97 Å². The molecular formula is C10H22N2O2. The van der Waals surface area contributed by atoms with Gasteiger partial charge in [0.1, 0.15) is 0 Å². The first-order valence-corrected chi connectivity index (χ1v) is 4.94. The molecule has 0 spiro atoms. The van der Waals surface area contributed by atoms with Crippen molar-refractivity contribution in [1.82, 2.24) is 4.90 Å². The van der Waals surface area contributed by atoms with Crippen LogP contribution in [0.15, 0.2) is 0 Å². The summed E-state index contributed by atoms with van der Waals surface area (Å²) in [6.45, 7) is 8.81. The van der Waals surface area contributed by atoms with Gasteiger partial charge in [0.25, 0.3) is 0 Å². The molecule has 0 aromatic carbocycles. The van der Waals surface area contributed by atoms with Crippen molar-refractivity contribution in [2.45, 2.75) is 20.8 Å². The normalized spacial score (nSPS) is 11.9. The van der Waals surface area contributed by atoms with E-state index < -0.39 is 0 Å². The molecule has 4 nitrogen and oxygen atoms in total. The molecule has 0 atom stereocenters. The Morgan fingerprint density at radius 1 is 1.50 bits per heavy atom. The second-order valence-corrected chi connectivity index (χ2v) is 4.25. The second kappa shape index (κ2) is 5.98. The van der Waals surface area contributed by atoms with Gasteiger partial charge in [-0.3, -0.25) is 9.69 Å². The van der Waals surface area contributed by atoms with Gasteiger partial charge in [-0.05, 0) is 18.5 Å². The van der Waals surface area contributed by atoms with Crippen molar-refractivity contribution in [1.29, 1.82) is 0 Å². The van der Waals surface area contributed by atoms with Crippen LogP contribution in [0.1, 0.15) is 20.8 Å². The highest BCUT2D eigenvalue weighted by Gasteiger charge is 2.20. The van der Waals surface area contributed by atoms with Crippen LogP contribution in [0.5, 0.6) is 0 Å². The third-order valence-corrected chi connectivity index (χ3v) is 2.23. The molecule has 0 aliphatic rings. The Balaban J connectivity index is 4.09. The molecule has 14 heavy (non-hydrogen) atoms. The van der Waals surface area contributed by atoms with Gasteiger partial charge >= 0.3 is 5.97 Å². The average Bonchev–Trinajstić information content (AvgIpc) is 2.16. The molecule has 0 radical (unpaired) electrons. The molecule has 0 saturated carbocycles. The van der Waals surface area contributed by atoms with E-state index in [1.165, 1.54) is 7.11 Å². The first-order chi connectivity index (χ1) is 6.45. The van der Waals surface area contributed by atoms with Gasteiger partial charge < -0.3 is 10.5 Å². The number of carbonyl (C=O) groups excluding carboxylic acids is 1. The van der Waals surface area contributed by atoms with Crippen molar-refractivity contribution in [3.8, 4) is 0 Å². The smallest absolute Gasteiger partial charge is 0.319 e. The number of carbonyl (C=O) groups is 1. The topological polar surface area (TPSA) is 55.6 Å². The highest BCUT2D eigenvalue weighted by Crippen LogP contribution is 2.14. The Bertz CT molecular complexity index is 181. The fourth-order valence-electron chi connectivity index (χ4n) is 1.20. The molecule has 0 heterocycles. The molecule has 0 aromatic rings. The number of methoxy groups -OCH3 is 1. The summed E-state index contributed by atoms with van der Waals surface area (Å²) >= 11 is 0. The summed E-state index contributed by atoms with van der Waals surface area (Å²) in [5.41, 5.74) is 5.68. The molecule has 2 N–H and O–H groups in total. The van der Waals surface area contributed by atoms with Crippen LogP contribution in [0.4, 0.5) is 0 Å². The van der Waals surface area contributed by atoms with E-state index in [1.807, 2.05) is 11.8 Å². The van der Waals surface area contributed by atoms with Crippen LogP contribution < -0.4 is 5.73 Å². The summed E-state index contributed by atoms with van der Waals surface area (Å²) in [5, 5.41) is 0. The quantitative estimate of drug-likeness (QED) is 0.636. The Morgan fingerprint density at radius 2 is 2.07 bits per heavy atom.